The van der Waals surface area contributed by atoms with Gasteiger partial charge in [-0.3, -0.25) is 4.79 Å². The Bertz CT molecular complexity index is 684. The Morgan fingerprint density at radius 1 is 1.00 bits per heavy atom. The molecule has 1 N–H and O–H groups in total. The predicted molar refractivity (Wildman–Crippen MR) is 78.6 cm³/mol. The highest BCUT2D eigenvalue weighted by atomic mass is 16.4. The average Bonchev–Trinajstić information content (AvgIpc) is 2.45. The molecule has 0 aliphatic heterocycles. The summed E-state index contributed by atoms with van der Waals surface area (Å²) in [6.07, 6.45) is 2.64. The lowest BCUT2D eigenvalue weighted by molar-refractivity contribution is -0.131. The third-order valence-corrected chi connectivity index (χ3v) is 2.91. The van der Waals surface area contributed by atoms with Gasteiger partial charge in [0.05, 0.1) is 0 Å². The number of carbonyl (C=O) groups is 2. The Morgan fingerprint density at radius 3 is 2.30 bits per heavy atom. The standard InChI is InChI=1S/C17H14O3/c1-12(18)14-5-3-7-16(11-14)15-6-2-4-13(10-15)8-9-17(19)20/h2-11H,1H3,(H,19,20). The van der Waals surface area contributed by atoms with Crippen LogP contribution in [0.15, 0.2) is 54.6 Å². The van der Waals surface area contributed by atoms with Crippen LogP contribution < -0.4 is 0 Å². The van der Waals surface area contributed by atoms with Crippen molar-refractivity contribution in [3.63, 3.8) is 0 Å². The summed E-state index contributed by atoms with van der Waals surface area (Å²) in [5, 5.41) is 8.63. The first kappa shape index (κ1) is 13.7. The van der Waals surface area contributed by atoms with Crippen molar-refractivity contribution in [3.05, 3.63) is 65.7 Å². The van der Waals surface area contributed by atoms with Gasteiger partial charge in [-0.1, -0.05) is 36.4 Å². The van der Waals surface area contributed by atoms with Crippen LogP contribution >= 0.6 is 0 Å². The van der Waals surface area contributed by atoms with E-state index in [9.17, 15) is 9.59 Å². The number of rotatable bonds is 4. The first-order valence-corrected chi connectivity index (χ1v) is 6.19. The zero-order valence-corrected chi connectivity index (χ0v) is 11.0. The zero-order valence-electron chi connectivity index (χ0n) is 11.0. The summed E-state index contributed by atoms with van der Waals surface area (Å²) >= 11 is 0. The van der Waals surface area contributed by atoms with Crippen molar-refractivity contribution in [1.82, 2.24) is 0 Å². The fraction of sp³-hybridized carbons (Fsp3) is 0.0588. The van der Waals surface area contributed by atoms with Crippen LogP contribution in [-0.4, -0.2) is 16.9 Å². The molecule has 0 spiro atoms. The molecule has 0 bridgehead atoms. The van der Waals surface area contributed by atoms with Gasteiger partial charge in [-0.2, -0.15) is 0 Å². The van der Waals surface area contributed by atoms with E-state index < -0.39 is 5.97 Å². The van der Waals surface area contributed by atoms with Gasteiger partial charge in [0.1, 0.15) is 0 Å². The molecule has 0 aliphatic rings. The molecule has 0 aliphatic carbocycles. The van der Waals surface area contributed by atoms with E-state index in [4.69, 9.17) is 5.11 Å². The topological polar surface area (TPSA) is 54.4 Å². The molecule has 2 rings (SSSR count). The van der Waals surface area contributed by atoms with Gasteiger partial charge in [0, 0.05) is 11.6 Å². The molecule has 0 saturated heterocycles. The van der Waals surface area contributed by atoms with Gasteiger partial charge in [0.2, 0.25) is 0 Å². The summed E-state index contributed by atoms with van der Waals surface area (Å²) in [4.78, 5) is 21.9. The fourth-order valence-corrected chi connectivity index (χ4v) is 1.91. The summed E-state index contributed by atoms with van der Waals surface area (Å²) in [6.45, 7) is 1.53. The number of ketones is 1. The molecule has 0 saturated carbocycles. The lowest BCUT2D eigenvalue weighted by Crippen LogP contribution is -1.91. The smallest absolute Gasteiger partial charge is 0.328 e. The van der Waals surface area contributed by atoms with Gasteiger partial charge in [0.25, 0.3) is 0 Å². The molecule has 0 amide bonds. The van der Waals surface area contributed by atoms with E-state index in [1.807, 2.05) is 42.5 Å². The number of hydrogen-bond acceptors (Lipinski definition) is 2. The second-order valence-electron chi connectivity index (χ2n) is 4.43. The van der Waals surface area contributed by atoms with Crippen LogP contribution in [-0.2, 0) is 4.79 Å². The number of carboxylic acids is 1. The number of carboxylic acid groups (broad SMARTS) is 1. The fourth-order valence-electron chi connectivity index (χ4n) is 1.91. The van der Waals surface area contributed by atoms with Gasteiger partial charge in [-0.05, 0) is 41.8 Å². The van der Waals surface area contributed by atoms with Crippen molar-refractivity contribution < 1.29 is 14.7 Å². The van der Waals surface area contributed by atoms with Crippen molar-refractivity contribution in [2.45, 2.75) is 6.92 Å². The predicted octanol–water partition coefficient (Wildman–Crippen LogP) is 3.65. The van der Waals surface area contributed by atoms with Gasteiger partial charge in [-0.25, -0.2) is 4.79 Å². The minimum Gasteiger partial charge on any atom is -0.478 e. The number of hydrogen-bond donors (Lipinski definition) is 1. The van der Waals surface area contributed by atoms with Crippen LogP contribution in [0.4, 0.5) is 0 Å². The second-order valence-corrected chi connectivity index (χ2v) is 4.43. The molecule has 0 unspecified atom stereocenters. The summed E-state index contributed by atoms with van der Waals surface area (Å²) in [5.74, 6) is -0.956. The van der Waals surface area contributed by atoms with Gasteiger partial charge < -0.3 is 5.11 Å². The van der Waals surface area contributed by atoms with E-state index in [1.165, 1.54) is 6.92 Å². The lowest BCUT2D eigenvalue weighted by atomic mass is 10.00. The normalized spacial score (nSPS) is 10.7. The Kier molecular flexibility index (Phi) is 4.11. The van der Waals surface area contributed by atoms with Crippen molar-refractivity contribution in [2.75, 3.05) is 0 Å². The number of aliphatic carboxylic acids is 1. The van der Waals surface area contributed by atoms with Crippen LogP contribution in [0.1, 0.15) is 22.8 Å². The maximum absolute atomic E-state index is 11.4. The number of benzene rings is 2. The molecule has 0 heterocycles. The van der Waals surface area contributed by atoms with Crippen LogP contribution in [0, 0.1) is 0 Å². The van der Waals surface area contributed by atoms with Gasteiger partial charge in [-0.15, -0.1) is 0 Å². The van der Waals surface area contributed by atoms with E-state index >= 15 is 0 Å². The van der Waals surface area contributed by atoms with E-state index in [-0.39, 0.29) is 5.78 Å². The first-order valence-electron chi connectivity index (χ1n) is 6.19. The van der Waals surface area contributed by atoms with Crippen LogP contribution in [0.3, 0.4) is 0 Å². The lowest BCUT2D eigenvalue weighted by Gasteiger charge is -2.04. The van der Waals surface area contributed by atoms with Crippen LogP contribution in [0.25, 0.3) is 17.2 Å². The Balaban J connectivity index is 2.38. The third-order valence-electron chi connectivity index (χ3n) is 2.91. The second kappa shape index (κ2) is 5.97. The largest absolute Gasteiger partial charge is 0.478 e. The molecule has 20 heavy (non-hydrogen) atoms. The van der Waals surface area contributed by atoms with E-state index in [1.54, 1.807) is 12.1 Å². The molecule has 2 aromatic carbocycles. The average molecular weight is 266 g/mol. The van der Waals surface area contributed by atoms with Crippen molar-refractivity contribution in [1.29, 1.82) is 0 Å². The van der Waals surface area contributed by atoms with Crippen molar-refractivity contribution in [3.8, 4) is 11.1 Å². The summed E-state index contributed by atoms with van der Waals surface area (Å²) < 4.78 is 0. The monoisotopic (exact) mass is 266 g/mol. The summed E-state index contributed by atoms with van der Waals surface area (Å²) in [6, 6.07) is 14.9. The molecule has 2 aromatic rings. The highest BCUT2D eigenvalue weighted by Crippen LogP contribution is 2.22. The van der Waals surface area contributed by atoms with Crippen molar-refractivity contribution in [2.24, 2.45) is 0 Å². The molecule has 3 heteroatoms. The SMILES string of the molecule is CC(=O)c1cccc(-c2cccc(C=CC(=O)O)c2)c1. The molecular formula is C17H14O3. The molecule has 0 atom stereocenters. The number of Topliss-reactive ketones (excluding diaryl/α,β-unsaturated/α-hetero) is 1. The number of carbonyl (C=O) groups excluding carboxylic acids is 1. The Labute approximate surface area is 117 Å². The molecule has 100 valence electrons. The zero-order chi connectivity index (χ0) is 14.5. The van der Waals surface area contributed by atoms with Gasteiger partial charge >= 0.3 is 5.97 Å². The van der Waals surface area contributed by atoms with E-state index in [0.717, 1.165) is 22.8 Å². The molecule has 3 nitrogen and oxygen atoms in total. The van der Waals surface area contributed by atoms with Gasteiger partial charge in [0.15, 0.2) is 5.78 Å². The van der Waals surface area contributed by atoms with E-state index in [2.05, 4.69) is 0 Å². The van der Waals surface area contributed by atoms with Crippen LogP contribution in [0.5, 0.6) is 0 Å². The maximum Gasteiger partial charge on any atom is 0.328 e. The molecule has 0 aromatic heterocycles. The Hall–Kier alpha value is -2.68. The summed E-state index contributed by atoms with van der Waals surface area (Å²) in [5.41, 5.74) is 3.34. The molecule has 0 radical (unpaired) electrons. The van der Waals surface area contributed by atoms with Crippen LogP contribution in [0.2, 0.25) is 0 Å². The Morgan fingerprint density at radius 2 is 1.65 bits per heavy atom. The quantitative estimate of drug-likeness (QED) is 0.678. The summed E-state index contributed by atoms with van der Waals surface area (Å²) in [7, 11) is 0. The highest BCUT2D eigenvalue weighted by molar-refractivity contribution is 5.95. The van der Waals surface area contributed by atoms with Crippen molar-refractivity contribution >= 4 is 17.8 Å². The minimum atomic E-state index is -0.978. The first-order chi connectivity index (χ1) is 9.56. The molecule has 0 fully saturated rings. The maximum atomic E-state index is 11.4. The minimum absolute atomic E-state index is 0.0220. The molecular weight excluding hydrogens is 252 g/mol. The highest BCUT2D eigenvalue weighted by Gasteiger charge is 2.03. The van der Waals surface area contributed by atoms with E-state index in [0.29, 0.717) is 5.56 Å². The third kappa shape index (κ3) is 3.42.